The van der Waals surface area contributed by atoms with Gasteiger partial charge in [0.05, 0.1) is 12.7 Å². The third-order valence-corrected chi connectivity index (χ3v) is 3.21. The Morgan fingerprint density at radius 2 is 1.81 bits per heavy atom. The minimum atomic E-state index is -0.241. The number of methoxy groups -OCH3 is 1. The van der Waals surface area contributed by atoms with Gasteiger partial charge in [0.2, 0.25) is 0 Å². The number of allylic oxidation sites excluding steroid dienone is 1. The van der Waals surface area contributed by atoms with E-state index in [0.29, 0.717) is 5.02 Å². The van der Waals surface area contributed by atoms with Crippen LogP contribution in [-0.4, -0.2) is 13.1 Å². The molecule has 0 N–H and O–H groups in total. The molecule has 0 aliphatic heterocycles. The molecule has 0 saturated heterocycles. The Hall–Kier alpha value is -1.28. The van der Waals surface area contributed by atoms with E-state index in [1.54, 1.807) is 0 Å². The van der Waals surface area contributed by atoms with Crippen molar-refractivity contribution in [2.45, 2.75) is 13.8 Å². The van der Waals surface area contributed by atoms with Crippen molar-refractivity contribution in [1.82, 2.24) is 0 Å². The van der Waals surface area contributed by atoms with E-state index in [1.807, 2.05) is 38.1 Å². The Labute approximate surface area is 99.9 Å². The number of hydrogen-bond acceptors (Lipinski definition) is 2. The minimum absolute atomic E-state index is 0.180. The van der Waals surface area contributed by atoms with Crippen LogP contribution in [0.25, 0.3) is 5.57 Å². The van der Waals surface area contributed by atoms with Gasteiger partial charge in [-0.2, -0.15) is 0 Å². The van der Waals surface area contributed by atoms with Crippen molar-refractivity contribution in [3.63, 3.8) is 0 Å². The molecule has 1 aliphatic carbocycles. The van der Waals surface area contributed by atoms with Crippen molar-refractivity contribution in [3.05, 3.63) is 40.4 Å². The highest BCUT2D eigenvalue weighted by atomic mass is 35.5. The summed E-state index contributed by atoms with van der Waals surface area (Å²) in [7, 11) is 1.41. The van der Waals surface area contributed by atoms with E-state index in [9.17, 15) is 4.79 Å². The summed E-state index contributed by atoms with van der Waals surface area (Å²) in [5.74, 6) is -0.241. The maximum atomic E-state index is 11.5. The molecule has 84 valence electrons. The topological polar surface area (TPSA) is 26.3 Å². The van der Waals surface area contributed by atoms with E-state index in [-0.39, 0.29) is 11.4 Å². The maximum Gasteiger partial charge on any atom is 0.334 e. The molecule has 0 aromatic heterocycles. The van der Waals surface area contributed by atoms with E-state index in [0.717, 1.165) is 16.7 Å². The number of halogens is 1. The number of carbonyl (C=O) groups excluding carboxylic acids is 1. The van der Waals surface area contributed by atoms with Gasteiger partial charge >= 0.3 is 5.97 Å². The summed E-state index contributed by atoms with van der Waals surface area (Å²) < 4.78 is 4.76. The highest BCUT2D eigenvalue weighted by Crippen LogP contribution is 2.58. The summed E-state index contributed by atoms with van der Waals surface area (Å²) >= 11 is 5.83. The highest BCUT2D eigenvalue weighted by molar-refractivity contribution is 6.30. The molecule has 0 bridgehead atoms. The van der Waals surface area contributed by atoms with Crippen molar-refractivity contribution < 1.29 is 9.53 Å². The van der Waals surface area contributed by atoms with Crippen molar-refractivity contribution in [2.24, 2.45) is 5.41 Å². The van der Waals surface area contributed by atoms with Crippen LogP contribution in [0.2, 0.25) is 5.02 Å². The van der Waals surface area contributed by atoms with Crippen LogP contribution in [-0.2, 0) is 9.53 Å². The summed E-state index contributed by atoms with van der Waals surface area (Å²) in [5, 5.41) is 0.697. The lowest BCUT2D eigenvalue weighted by Crippen LogP contribution is -2.04. The van der Waals surface area contributed by atoms with Gasteiger partial charge in [0.25, 0.3) is 0 Å². The molecule has 0 unspecified atom stereocenters. The molecule has 0 saturated carbocycles. The van der Waals surface area contributed by atoms with E-state index < -0.39 is 0 Å². The fraction of sp³-hybridized carbons (Fsp3) is 0.308. The molecule has 2 rings (SSSR count). The number of hydrogen-bond donors (Lipinski definition) is 0. The monoisotopic (exact) mass is 236 g/mol. The molecular weight excluding hydrogens is 224 g/mol. The SMILES string of the molecule is COC(=O)C1=C(c2ccc(Cl)cc2)C1(C)C. The van der Waals surface area contributed by atoms with Crippen molar-refractivity contribution in [1.29, 1.82) is 0 Å². The number of carbonyl (C=O) groups is 1. The molecule has 1 aromatic carbocycles. The van der Waals surface area contributed by atoms with Gasteiger partial charge in [0.1, 0.15) is 0 Å². The van der Waals surface area contributed by atoms with Crippen LogP contribution < -0.4 is 0 Å². The Morgan fingerprint density at radius 1 is 1.25 bits per heavy atom. The van der Waals surface area contributed by atoms with E-state index >= 15 is 0 Å². The quantitative estimate of drug-likeness (QED) is 0.737. The van der Waals surface area contributed by atoms with Crippen LogP contribution in [0, 0.1) is 5.41 Å². The zero-order valence-electron chi connectivity index (χ0n) is 9.50. The smallest absolute Gasteiger partial charge is 0.334 e. The van der Waals surface area contributed by atoms with Crippen molar-refractivity contribution >= 4 is 23.1 Å². The molecule has 0 spiro atoms. The Morgan fingerprint density at radius 3 is 2.31 bits per heavy atom. The first-order chi connectivity index (χ1) is 7.48. The third kappa shape index (κ3) is 1.63. The maximum absolute atomic E-state index is 11.5. The summed E-state index contributed by atoms with van der Waals surface area (Å²) in [6.07, 6.45) is 0. The zero-order valence-corrected chi connectivity index (χ0v) is 10.3. The van der Waals surface area contributed by atoms with Crippen LogP contribution in [0.15, 0.2) is 29.8 Å². The van der Waals surface area contributed by atoms with Crippen LogP contribution in [0.1, 0.15) is 19.4 Å². The lowest BCUT2D eigenvalue weighted by molar-refractivity contribution is -0.136. The minimum Gasteiger partial charge on any atom is -0.466 e. The lowest BCUT2D eigenvalue weighted by Gasteiger charge is -2.04. The standard InChI is InChI=1S/C13H13ClO2/c1-13(2)10(11(13)12(15)16-3)8-4-6-9(14)7-5-8/h4-7H,1-3H3. The highest BCUT2D eigenvalue weighted by Gasteiger charge is 2.50. The fourth-order valence-electron chi connectivity index (χ4n) is 2.05. The molecule has 0 atom stereocenters. The summed E-state index contributed by atoms with van der Waals surface area (Å²) in [4.78, 5) is 11.5. The van der Waals surface area contributed by atoms with E-state index in [2.05, 4.69) is 0 Å². The predicted molar refractivity (Wildman–Crippen MR) is 64.2 cm³/mol. The van der Waals surface area contributed by atoms with Gasteiger partial charge in [-0.05, 0) is 23.3 Å². The number of benzene rings is 1. The van der Waals surface area contributed by atoms with Gasteiger partial charge in [-0.15, -0.1) is 0 Å². The molecule has 0 heterocycles. The average Bonchev–Trinajstić information content (AvgIpc) is 2.82. The van der Waals surface area contributed by atoms with Crippen molar-refractivity contribution in [2.75, 3.05) is 7.11 Å². The van der Waals surface area contributed by atoms with Crippen LogP contribution in [0.5, 0.6) is 0 Å². The number of rotatable bonds is 2. The Bertz CT molecular complexity index is 469. The number of ether oxygens (including phenoxy) is 1. The first-order valence-electron chi connectivity index (χ1n) is 5.08. The first kappa shape index (κ1) is 11.2. The molecule has 3 heteroatoms. The van der Waals surface area contributed by atoms with E-state index in [1.165, 1.54) is 7.11 Å². The second kappa shape index (κ2) is 3.63. The van der Waals surface area contributed by atoms with Gasteiger partial charge < -0.3 is 4.74 Å². The molecule has 2 nitrogen and oxygen atoms in total. The van der Waals surface area contributed by atoms with Gasteiger partial charge in [-0.3, -0.25) is 0 Å². The van der Waals surface area contributed by atoms with Gasteiger partial charge in [-0.25, -0.2) is 4.79 Å². The van der Waals surface area contributed by atoms with Crippen LogP contribution in [0.3, 0.4) is 0 Å². The summed E-state index contributed by atoms with van der Waals surface area (Å²) in [5.41, 5.74) is 2.67. The lowest BCUT2D eigenvalue weighted by atomic mass is 10.00. The molecule has 1 aliphatic rings. The normalized spacial score (nSPS) is 17.2. The second-order valence-electron chi connectivity index (χ2n) is 4.37. The molecule has 0 fully saturated rings. The Kier molecular flexibility index (Phi) is 2.55. The second-order valence-corrected chi connectivity index (χ2v) is 4.81. The molecular formula is C13H13ClO2. The first-order valence-corrected chi connectivity index (χ1v) is 5.45. The van der Waals surface area contributed by atoms with Gasteiger partial charge in [-0.1, -0.05) is 37.6 Å². The van der Waals surface area contributed by atoms with Crippen molar-refractivity contribution in [3.8, 4) is 0 Å². The summed E-state index contributed by atoms with van der Waals surface area (Å²) in [6, 6.07) is 7.51. The average molecular weight is 237 g/mol. The van der Waals surface area contributed by atoms with E-state index in [4.69, 9.17) is 16.3 Å². The molecule has 0 radical (unpaired) electrons. The Balaban J connectivity index is 2.38. The summed E-state index contributed by atoms with van der Waals surface area (Å²) in [6.45, 7) is 4.03. The zero-order chi connectivity index (χ0) is 11.9. The third-order valence-electron chi connectivity index (χ3n) is 2.96. The molecule has 0 amide bonds. The van der Waals surface area contributed by atoms with Gasteiger partial charge in [0.15, 0.2) is 0 Å². The van der Waals surface area contributed by atoms with Gasteiger partial charge in [0, 0.05) is 10.4 Å². The molecule has 16 heavy (non-hydrogen) atoms. The molecule has 1 aromatic rings. The van der Waals surface area contributed by atoms with Crippen LogP contribution in [0.4, 0.5) is 0 Å². The number of esters is 1. The largest absolute Gasteiger partial charge is 0.466 e. The predicted octanol–water partition coefficient (Wildman–Crippen LogP) is 3.31. The fourth-order valence-corrected chi connectivity index (χ4v) is 2.18. The van der Waals surface area contributed by atoms with Crippen LogP contribution >= 0.6 is 11.6 Å².